The smallest absolute Gasteiger partial charge is 0.275 e. The number of para-hydroxylation sites is 1. The zero-order valence-electron chi connectivity index (χ0n) is 19.0. The maximum absolute atomic E-state index is 14.0. The molecule has 0 radical (unpaired) electrons. The summed E-state index contributed by atoms with van der Waals surface area (Å²) in [6, 6.07) is 15.8. The Labute approximate surface area is 203 Å². The number of carbonyl (C=O) groups excluding carboxylic acids is 1. The molecular weight excluding hydrogens is 442 g/mol. The Kier molecular flexibility index (Phi) is 6.10. The molecule has 1 aliphatic rings. The summed E-state index contributed by atoms with van der Waals surface area (Å²) in [7, 11) is 0. The van der Waals surface area contributed by atoms with Crippen molar-refractivity contribution in [2.75, 3.05) is 12.3 Å². The number of anilines is 1. The SMILES string of the molecule is C#Cc1nc(C(=O)N2[C@@H](c3ccc(N)cc3)c3[nH]c4ccccc4c3C[C@@H]2NCCCC)cs1. The summed E-state index contributed by atoms with van der Waals surface area (Å²) in [6.45, 7) is 2.99. The highest BCUT2D eigenvalue weighted by Gasteiger charge is 2.41. The predicted octanol–water partition coefficient (Wildman–Crippen LogP) is 4.69. The molecule has 7 heteroatoms. The lowest BCUT2D eigenvalue weighted by Crippen LogP contribution is -2.54. The first kappa shape index (κ1) is 22.2. The molecule has 0 spiro atoms. The lowest BCUT2D eigenvalue weighted by Gasteiger charge is -2.42. The van der Waals surface area contributed by atoms with Crippen LogP contribution in [0.1, 0.15) is 58.1 Å². The van der Waals surface area contributed by atoms with Gasteiger partial charge in [-0.3, -0.25) is 10.1 Å². The van der Waals surface area contributed by atoms with Crippen molar-refractivity contribution >= 4 is 33.8 Å². The van der Waals surface area contributed by atoms with Crippen molar-refractivity contribution in [2.24, 2.45) is 0 Å². The monoisotopic (exact) mass is 469 g/mol. The van der Waals surface area contributed by atoms with Crippen LogP contribution in [0.3, 0.4) is 0 Å². The molecule has 0 saturated carbocycles. The van der Waals surface area contributed by atoms with Crippen LogP contribution in [-0.2, 0) is 6.42 Å². The molecule has 0 unspecified atom stereocenters. The number of terminal acetylenes is 1. The van der Waals surface area contributed by atoms with Gasteiger partial charge >= 0.3 is 0 Å². The van der Waals surface area contributed by atoms with E-state index in [1.807, 2.05) is 35.2 Å². The number of fused-ring (bicyclic) bond motifs is 3. The largest absolute Gasteiger partial charge is 0.399 e. The van der Waals surface area contributed by atoms with Crippen LogP contribution in [0.5, 0.6) is 0 Å². The quantitative estimate of drug-likeness (QED) is 0.217. The maximum Gasteiger partial charge on any atom is 0.275 e. The van der Waals surface area contributed by atoms with Crippen molar-refractivity contribution in [3.05, 3.63) is 81.4 Å². The lowest BCUT2D eigenvalue weighted by atomic mass is 9.90. The highest BCUT2D eigenvalue weighted by atomic mass is 32.1. The number of nitrogens with two attached hydrogens (primary N) is 1. The van der Waals surface area contributed by atoms with E-state index in [1.54, 1.807) is 5.38 Å². The Hall–Kier alpha value is -3.60. The third-order valence-corrected chi connectivity index (χ3v) is 7.15. The predicted molar refractivity (Wildman–Crippen MR) is 138 cm³/mol. The molecule has 6 nitrogen and oxygen atoms in total. The summed E-state index contributed by atoms with van der Waals surface area (Å²) >= 11 is 1.31. The summed E-state index contributed by atoms with van der Waals surface area (Å²) in [5.74, 6) is 2.40. The second-order valence-electron chi connectivity index (χ2n) is 8.55. The van der Waals surface area contributed by atoms with Gasteiger partial charge in [-0.15, -0.1) is 17.8 Å². The Bertz CT molecular complexity index is 1360. The molecule has 0 saturated heterocycles. The Morgan fingerprint density at radius 2 is 2.09 bits per heavy atom. The van der Waals surface area contributed by atoms with Crippen LogP contribution in [0, 0.1) is 12.3 Å². The fourth-order valence-electron chi connectivity index (χ4n) is 4.74. The van der Waals surface area contributed by atoms with Gasteiger partial charge in [0.1, 0.15) is 5.69 Å². The number of unbranched alkanes of at least 4 members (excludes halogenated alkanes) is 1. The van der Waals surface area contributed by atoms with E-state index >= 15 is 0 Å². The minimum absolute atomic E-state index is 0.141. The van der Waals surface area contributed by atoms with E-state index in [4.69, 9.17) is 12.2 Å². The van der Waals surface area contributed by atoms with Crippen molar-refractivity contribution < 1.29 is 4.79 Å². The van der Waals surface area contributed by atoms with Gasteiger partial charge in [0.15, 0.2) is 5.01 Å². The average molecular weight is 470 g/mol. The number of thiazole rings is 1. The fourth-order valence-corrected chi connectivity index (χ4v) is 5.33. The summed E-state index contributed by atoms with van der Waals surface area (Å²) in [4.78, 5) is 23.9. The number of amides is 1. The highest BCUT2D eigenvalue weighted by molar-refractivity contribution is 7.10. The number of hydrogen-bond donors (Lipinski definition) is 3. The number of nitrogens with one attached hydrogen (secondary N) is 2. The molecule has 172 valence electrons. The first-order valence-electron chi connectivity index (χ1n) is 11.5. The van der Waals surface area contributed by atoms with Gasteiger partial charge in [-0.2, -0.15) is 0 Å². The summed E-state index contributed by atoms with van der Waals surface area (Å²) in [5.41, 5.74) is 11.4. The van der Waals surface area contributed by atoms with Crippen LogP contribution in [0.2, 0.25) is 0 Å². The Balaban J connectivity index is 1.68. The van der Waals surface area contributed by atoms with Crippen molar-refractivity contribution in [3.8, 4) is 12.3 Å². The lowest BCUT2D eigenvalue weighted by molar-refractivity contribution is 0.0522. The first-order chi connectivity index (χ1) is 16.6. The number of aromatic nitrogens is 2. The number of carbonyl (C=O) groups is 1. The molecule has 3 heterocycles. The molecule has 2 atom stereocenters. The molecule has 2 aromatic heterocycles. The van der Waals surface area contributed by atoms with E-state index in [9.17, 15) is 4.79 Å². The number of hydrogen-bond acceptors (Lipinski definition) is 5. The Morgan fingerprint density at radius 3 is 2.82 bits per heavy atom. The third kappa shape index (κ3) is 3.96. The normalized spacial score (nSPS) is 17.5. The van der Waals surface area contributed by atoms with Gasteiger partial charge < -0.3 is 15.6 Å². The van der Waals surface area contributed by atoms with Gasteiger partial charge in [0.05, 0.1) is 12.2 Å². The summed E-state index contributed by atoms with van der Waals surface area (Å²) in [5, 5.41) is 7.10. The third-order valence-electron chi connectivity index (χ3n) is 6.38. The van der Waals surface area contributed by atoms with Crippen molar-refractivity contribution in [1.29, 1.82) is 0 Å². The van der Waals surface area contributed by atoms with Crippen LogP contribution in [0.15, 0.2) is 53.9 Å². The molecular formula is C27H27N5OS. The molecule has 1 aliphatic heterocycles. The molecule has 5 rings (SSSR count). The van der Waals surface area contributed by atoms with Gasteiger partial charge in [0.25, 0.3) is 5.91 Å². The molecule has 4 aromatic rings. The van der Waals surface area contributed by atoms with Crippen molar-refractivity contribution in [2.45, 2.75) is 38.4 Å². The zero-order chi connectivity index (χ0) is 23.7. The van der Waals surface area contributed by atoms with E-state index in [2.05, 4.69) is 46.3 Å². The molecule has 0 bridgehead atoms. The second kappa shape index (κ2) is 9.34. The van der Waals surface area contributed by atoms with Crippen molar-refractivity contribution in [3.63, 3.8) is 0 Å². The van der Waals surface area contributed by atoms with Gasteiger partial charge in [0, 0.05) is 34.1 Å². The van der Waals surface area contributed by atoms with Crippen LogP contribution < -0.4 is 11.1 Å². The first-order valence-corrected chi connectivity index (χ1v) is 12.4. The zero-order valence-corrected chi connectivity index (χ0v) is 19.9. The Morgan fingerprint density at radius 1 is 1.29 bits per heavy atom. The van der Waals surface area contributed by atoms with Gasteiger partial charge in [0.2, 0.25) is 0 Å². The molecule has 0 fully saturated rings. The van der Waals surface area contributed by atoms with Crippen LogP contribution in [0.25, 0.3) is 10.9 Å². The topological polar surface area (TPSA) is 87.0 Å². The maximum atomic E-state index is 14.0. The number of benzene rings is 2. The van der Waals surface area contributed by atoms with Gasteiger partial charge in [-0.05, 0) is 48.2 Å². The van der Waals surface area contributed by atoms with Crippen LogP contribution in [-0.4, -0.2) is 33.5 Å². The second-order valence-corrected chi connectivity index (χ2v) is 9.41. The van der Waals surface area contributed by atoms with E-state index in [-0.39, 0.29) is 18.1 Å². The van der Waals surface area contributed by atoms with Crippen LogP contribution >= 0.6 is 11.3 Å². The van der Waals surface area contributed by atoms with E-state index < -0.39 is 0 Å². The number of nitrogen functional groups attached to an aromatic ring is 1. The standard InChI is InChI=1S/C27H27N5OS/c1-3-5-14-29-23-15-20-19-8-6-7-9-21(19)31-25(20)26(17-10-12-18(28)13-11-17)32(23)27(33)22-16-34-24(4-2)30-22/h2,6-13,16,23,26,29,31H,3,5,14-15,28H2,1H3/t23-,26+/m1/s1. The van der Waals surface area contributed by atoms with E-state index in [0.717, 1.165) is 36.2 Å². The summed E-state index contributed by atoms with van der Waals surface area (Å²) in [6.07, 6.45) is 8.15. The van der Waals surface area contributed by atoms with Crippen LogP contribution in [0.4, 0.5) is 5.69 Å². The molecule has 0 aliphatic carbocycles. The summed E-state index contributed by atoms with van der Waals surface area (Å²) < 4.78 is 0. The molecule has 1 amide bonds. The number of H-pyrrole nitrogens is 1. The van der Waals surface area contributed by atoms with Crippen molar-refractivity contribution in [1.82, 2.24) is 20.2 Å². The fraction of sp³-hybridized carbons (Fsp3) is 0.259. The van der Waals surface area contributed by atoms with Gasteiger partial charge in [-0.1, -0.05) is 43.7 Å². The minimum atomic E-state index is -0.320. The average Bonchev–Trinajstić information content (AvgIpc) is 3.48. The minimum Gasteiger partial charge on any atom is -0.399 e. The van der Waals surface area contributed by atoms with Gasteiger partial charge in [-0.25, -0.2) is 4.98 Å². The molecule has 2 aromatic carbocycles. The number of rotatable bonds is 6. The number of aromatic amines is 1. The molecule has 4 N–H and O–H groups in total. The van der Waals surface area contributed by atoms with E-state index in [1.165, 1.54) is 22.3 Å². The van der Waals surface area contributed by atoms with E-state index in [0.29, 0.717) is 22.8 Å². The highest BCUT2D eigenvalue weighted by Crippen LogP contribution is 2.41. The number of nitrogens with zero attached hydrogens (tertiary/aromatic N) is 2. The molecule has 34 heavy (non-hydrogen) atoms.